The first kappa shape index (κ1) is 37.3. The predicted octanol–water partition coefficient (Wildman–Crippen LogP) is 7.90. The summed E-state index contributed by atoms with van der Waals surface area (Å²) >= 11 is 15.9. The fourth-order valence-corrected chi connectivity index (χ4v) is 6.98. The fourth-order valence-electron chi connectivity index (χ4n) is 4.98. The van der Waals surface area contributed by atoms with Crippen LogP contribution in [0.2, 0.25) is 10.0 Å². The lowest BCUT2D eigenvalue weighted by Gasteiger charge is -2.35. The standard InChI is InChI=1S/C36H38BrCl2N3O5S/c1-5-47-29-16-14-28(15-17-29)42(48(45,46)30-18-12-27(37)13-19-30)24-34(43)41(23-26-11-20-31(38)32(39)21-26)33(35(44)40-36(2,3)4)22-25-9-7-6-8-10-25/h6-21,33H,5,22-24H2,1-4H3,(H,40,44). The number of nitrogens with zero attached hydrogens (tertiary/aromatic N) is 2. The molecule has 48 heavy (non-hydrogen) atoms. The van der Waals surface area contributed by atoms with Gasteiger partial charge in [0.25, 0.3) is 10.0 Å². The van der Waals surface area contributed by atoms with E-state index >= 15 is 0 Å². The van der Waals surface area contributed by atoms with Gasteiger partial charge in [-0.3, -0.25) is 13.9 Å². The van der Waals surface area contributed by atoms with Gasteiger partial charge in [-0.1, -0.05) is 75.5 Å². The van der Waals surface area contributed by atoms with Crippen LogP contribution in [0.5, 0.6) is 5.75 Å². The number of amides is 2. The largest absolute Gasteiger partial charge is 0.494 e. The third-order valence-corrected chi connectivity index (χ3v) is 10.3. The summed E-state index contributed by atoms with van der Waals surface area (Å²) in [5, 5.41) is 3.64. The van der Waals surface area contributed by atoms with E-state index in [-0.39, 0.29) is 34.5 Å². The number of carbonyl (C=O) groups excluding carboxylic acids is 2. The highest BCUT2D eigenvalue weighted by Gasteiger charge is 2.35. The Labute approximate surface area is 301 Å². The van der Waals surface area contributed by atoms with Crippen molar-refractivity contribution >= 4 is 66.7 Å². The average molecular weight is 776 g/mol. The zero-order chi connectivity index (χ0) is 35.1. The number of nitrogens with one attached hydrogen (secondary N) is 1. The van der Waals surface area contributed by atoms with Gasteiger partial charge < -0.3 is 15.0 Å². The number of hydrogen-bond donors (Lipinski definition) is 1. The monoisotopic (exact) mass is 773 g/mol. The average Bonchev–Trinajstić information content (AvgIpc) is 3.03. The first-order valence-corrected chi connectivity index (χ1v) is 18.3. The molecule has 4 rings (SSSR count). The van der Waals surface area contributed by atoms with E-state index in [1.807, 2.05) is 58.0 Å². The Bertz CT molecular complexity index is 1820. The highest BCUT2D eigenvalue weighted by molar-refractivity contribution is 9.10. The molecular weight excluding hydrogens is 737 g/mol. The Morgan fingerprint density at radius 2 is 1.52 bits per heavy atom. The van der Waals surface area contributed by atoms with Crippen molar-refractivity contribution < 1.29 is 22.7 Å². The van der Waals surface area contributed by atoms with E-state index in [1.54, 1.807) is 54.6 Å². The van der Waals surface area contributed by atoms with Crippen LogP contribution >= 0.6 is 39.1 Å². The van der Waals surface area contributed by atoms with Gasteiger partial charge >= 0.3 is 0 Å². The Morgan fingerprint density at radius 1 is 0.875 bits per heavy atom. The van der Waals surface area contributed by atoms with E-state index in [0.29, 0.717) is 27.4 Å². The summed E-state index contributed by atoms with van der Waals surface area (Å²) in [6.45, 7) is 7.21. The van der Waals surface area contributed by atoms with Crippen LogP contribution < -0.4 is 14.4 Å². The minimum atomic E-state index is -4.26. The second-order valence-corrected chi connectivity index (χ2v) is 15.7. The molecule has 1 atom stereocenters. The molecule has 1 N–H and O–H groups in total. The van der Waals surface area contributed by atoms with E-state index in [9.17, 15) is 18.0 Å². The van der Waals surface area contributed by atoms with E-state index in [0.717, 1.165) is 9.87 Å². The molecule has 0 radical (unpaired) electrons. The van der Waals surface area contributed by atoms with Crippen molar-refractivity contribution in [1.82, 2.24) is 10.2 Å². The van der Waals surface area contributed by atoms with Crippen LogP contribution in [0.3, 0.4) is 0 Å². The maximum Gasteiger partial charge on any atom is 0.264 e. The highest BCUT2D eigenvalue weighted by atomic mass is 79.9. The first-order valence-electron chi connectivity index (χ1n) is 15.3. The Balaban J connectivity index is 1.83. The number of ether oxygens (including phenoxy) is 1. The van der Waals surface area contributed by atoms with Crippen molar-refractivity contribution in [1.29, 1.82) is 0 Å². The van der Waals surface area contributed by atoms with Gasteiger partial charge in [0.2, 0.25) is 11.8 Å². The van der Waals surface area contributed by atoms with Crippen LogP contribution in [0, 0.1) is 0 Å². The van der Waals surface area contributed by atoms with Crippen molar-refractivity contribution in [2.24, 2.45) is 0 Å². The SMILES string of the molecule is CCOc1ccc(N(CC(=O)N(Cc2ccc(Cl)c(Cl)c2)C(Cc2ccccc2)C(=O)NC(C)(C)C)S(=O)(=O)c2ccc(Br)cc2)cc1. The zero-order valence-electron chi connectivity index (χ0n) is 27.1. The summed E-state index contributed by atoms with van der Waals surface area (Å²) in [6, 6.07) is 26.0. The molecule has 0 aliphatic carbocycles. The molecule has 0 aromatic heterocycles. The lowest BCUT2D eigenvalue weighted by Crippen LogP contribution is -2.56. The fraction of sp³-hybridized carbons (Fsp3) is 0.278. The van der Waals surface area contributed by atoms with Crippen LogP contribution in [0.15, 0.2) is 106 Å². The minimum Gasteiger partial charge on any atom is -0.494 e. The second kappa shape index (κ2) is 16.2. The maximum absolute atomic E-state index is 14.6. The molecule has 2 amide bonds. The van der Waals surface area contributed by atoms with Gasteiger partial charge in [0, 0.05) is 23.0 Å². The molecule has 0 bridgehead atoms. The molecule has 0 spiro atoms. The molecule has 4 aromatic carbocycles. The molecule has 0 heterocycles. The predicted molar refractivity (Wildman–Crippen MR) is 195 cm³/mol. The quantitative estimate of drug-likeness (QED) is 0.149. The number of anilines is 1. The lowest BCUT2D eigenvalue weighted by atomic mass is 10.0. The van der Waals surface area contributed by atoms with Gasteiger partial charge in [-0.05, 0) is 99.5 Å². The summed E-state index contributed by atoms with van der Waals surface area (Å²) in [7, 11) is -4.26. The molecule has 0 fully saturated rings. The molecule has 0 saturated heterocycles. The third kappa shape index (κ3) is 9.98. The van der Waals surface area contributed by atoms with Gasteiger partial charge in [-0.15, -0.1) is 0 Å². The van der Waals surface area contributed by atoms with Gasteiger partial charge in [0.05, 0.1) is 27.2 Å². The van der Waals surface area contributed by atoms with Gasteiger partial charge in [0.15, 0.2) is 0 Å². The Hall–Kier alpha value is -3.57. The molecule has 0 saturated carbocycles. The van der Waals surface area contributed by atoms with E-state index in [4.69, 9.17) is 27.9 Å². The number of halogens is 3. The van der Waals surface area contributed by atoms with E-state index in [2.05, 4.69) is 21.2 Å². The molecular formula is C36H38BrCl2N3O5S. The third-order valence-electron chi connectivity index (χ3n) is 7.22. The number of hydrogen-bond acceptors (Lipinski definition) is 5. The van der Waals surface area contributed by atoms with E-state index in [1.165, 1.54) is 17.0 Å². The Morgan fingerprint density at radius 3 is 2.10 bits per heavy atom. The molecule has 1 unspecified atom stereocenters. The number of carbonyl (C=O) groups is 2. The molecule has 8 nitrogen and oxygen atoms in total. The number of rotatable bonds is 13. The van der Waals surface area contributed by atoms with Crippen LogP contribution in [0.4, 0.5) is 5.69 Å². The highest BCUT2D eigenvalue weighted by Crippen LogP contribution is 2.29. The lowest BCUT2D eigenvalue weighted by molar-refractivity contribution is -0.140. The van der Waals surface area contributed by atoms with Gasteiger partial charge in [0.1, 0.15) is 18.3 Å². The molecule has 4 aromatic rings. The second-order valence-electron chi connectivity index (χ2n) is 12.1. The molecule has 254 valence electrons. The normalized spacial score (nSPS) is 12.2. The summed E-state index contributed by atoms with van der Waals surface area (Å²) < 4.78 is 35.8. The molecule has 12 heteroatoms. The number of sulfonamides is 1. The smallest absolute Gasteiger partial charge is 0.264 e. The van der Waals surface area contributed by atoms with Crippen LogP contribution in [0.1, 0.15) is 38.8 Å². The summed E-state index contributed by atoms with van der Waals surface area (Å²) in [6.07, 6.45) is 0.179. The molecule has 0 aliphatic heterocycles. The summed E-state index contributed by atoms with van der Waals surface area (Å²) in [4.78, 5) is 30.1. The summed E-state index contributed by atoms with van der Waals surface area (Å²) in [5.74, 6) is -0.430. The van der Waals surface area contributed by atoms with Crippen LogP contribution in [-0.4, -0.2) is 49.9 Å². The van der Waals surface area contributed by atoms with Crippen molar-refractivity contribution in [3.05, 3.63) is 123 Å². The maximum atomic E-state index is 14.6. The van der Waals surface area contributed by atoms with Crippen molar-refractivity contribution in [3.8, 4) is 5.75 Å². The Kier molecular flexibility index (Phi) is 12.6. The first-order chi connectivity index (χ1) is 22.7. The minimum absolute atomic E-state index is 0.00488. The molecule has 0 aliphatic rings. The zero-order valence-corrected chi connectivity index (χ0v) is 31.0. The van der Waals surface area contributed by atoms with Crippen molar-refractivity contribution in [2.75, 3.05) is 17.5 Å². The summed E-state index contributed by atoms with van der Waals surface area (Å²) in [5.41, 5.74) is 1.08. The van der Waals surface area contributed by atoms with E-state index < -0.39 is 34.1 Å². The topological polar surface area (TPSA) is 96.0 Å². The van der Waals surface area contributed by atoms with Crippen molar-refractivity contribution in [2.45, 2.75) is 57.1 Å². The van der Waals surface area contributed by atoms with Crippen molar-refractivity contribution in [3.63, 3.8) is 0 Å². The van der Waals surface area contributed by atoms with Crippen LogP contribution in [0.25, 0.3) is 0 Å². The van der Waals surface area contributed by atoms with Crippen LogP contribution in [-0.2, 0) is 32.6 Å². The van der Waals surface area contributed by atoms with Gasteiger partial charge in [-0.25, -0.2) is 8.42 Å². The number of benzene rings is 4. The van der Waals surface area contributed by atoms with Gasteiger partial charge in [-0.2, -0.15) is 0 Å².